The number of carbonyl (C=O) groups excluding carboxylic acids is 1. The molecule has 1 amide bonds. The summed E-state index contributed by atoms with van der Waals surface area (Å²) < 4.78 is 0. The lowest BCUT2D eigenvalue weighted by molar-refractivity contribution is -0.115. The molecule has 2 aromatic heterocycles. The first kappa shape index (κ1) is 14.3. The number of aromatic nitrogens is 2. The van der Waals surface area contributed by atoms with E-state index in [1.54, 1.807) is 11.3 Å². The van der Waals surface area contributed by atoms with Crippen LogP contribution in [0.4, 0.5) is 0 Å². The summed E-state index contributed by atoms with van der Waals surface area (Å²) in [5.41, 5.74) is 6.42. The van der Waals surface area contributed by atoms with Gasteiger partial charge in [-0.2, -0.15) is 0 Å². The van der Waals surface area contributed by atoms with Crippen LogP contribution in [0.25, 0.3) is 10.2 Å². The third-order valence-corrected chi connectivity index (χ3v) is 4.98. The Labute approximate surface area is 120 Å². The fourth-order valence-corrected chi connectivity index (χ4v) is 3.66. The SMILES string of the molecule is Cc1sc2nc(C(C)C)nc(SCC(N)=O)c2c1C. The Bertz CT molecular complexity index is 634. The Morgan fingerprint density at radius 3 is 2.63 bits per heavy atom. The highest BCUT2D eigenvalue weighted by Gasteiger charge is 2.16. The Kier molecular flexibility index (Phi) is 4.10. The Morgan fingerprint density at radius 2 is 2.05 bits per heavy atom. The zero-order chi connectivity index (χ0) is 14.2. The second kappa shape index (κ2) is 5.46. The van der Waals surface area contributed by atoms with Crippen LogP contribution >= 0.6 is 23.1 Å². The van der Waals surface area contributed by atoms with E-state index in [0.29, 0.717) is 0 Å². The normalized spacial score (nSPS) is 11.4. The number of hydrogen-bond donors (Lipinski definition) is 1. The number of fused-ring (bicyclic) bond motifs is 1. The number of nitrogens with zero attached hydrogens (tertiary/aromatic N) is 2. The molecule has 0 bridgehead atoms. The average molecular weight is 295 g/mol. The highest BCUT2D eigenvalue weighted by molar-refractivity contribution is 8.00. The van der Waals surface area contributed by atoms with Crippen molar-refractivity contribution < 1.29 is 4.79 Å². The van der Waals surface area contributed by atoms with Gasteiger partial charge in [0, 0.05) is 16.2 Å². The standard InChI is InChI=1S/C13H17N3OS2/c1-6(2)11-15-12(18-5-9(14)17)10-7(3)8(4)19-13(10)16-11/h6H,5H2,1-4H3,(H2,14,17). The van der Waals surface area contributed by atoms with E-state index >= 15 is 0 Å². The second-order valence-electron chi connectivity index (χ2n) is 4.76. The van der Waals surface area contributed by atoms with E-state index in [0.717, 1.165) is 21.1 Å². The minimum absolute atomic E-state index is 0.248. The van der Waals surface area contributed by atoms with Crippen molar-refractivity contribution >= 4 is 39.2 Å². The molecule has 0 aliphatic heterocycles. The minimum atomic E-state index is -0.326. The van der Waals surface area contributed by atoms with Crippen molar-refractivity contribution in [3.8, 4) is 0 Å². The highest BCUT2D eigenvalue weighted by Crippen LogP contribution is 2.35. The molecule has 6 heteroatoms. The molecule has 0 radical (unpaired) electrons. The molecule has 0 aromatic carbocycles. The summed E-state index contributed by atoms with van der Waals surface area (Å²) in [6.07, 6.45) is 0. The molecule has 0 saturated heterocycles. The predicted molar refractivity (Wildman–Crippen MR) is 80.9 cm³/mol. The van der Waals surface area contributed by atoms with Crippen LogP contribution in [-0.4, -0.2) is 21.6 Å². The van der Waals surface area contributed by atoms with Crippen LogP contribution < -0.4 is 5.73 Å². The van der Waals surface area contributed by atoms with E-state index in [2.05, 4.69) is 37.7 Å². The summed E-state index contributed by atoms with van der Waals surface area (Å²) in [4.78, 5) is 22.4. The molecule has 19 heavy (non-hydrogen) atoms. The molecule has 102 valence electrons. The van der Waals surface area contributed by atoms with Gasteiger partial charge in [0.1, 0.15) is 15.7 Å². The molecule has 0 saturated carbocycles. The lowest BCUT2D eigenvalue weighted by Crippen LogP contribution is -2.13. The summed E-state index contributed by atoms with van der Waals surface area (Å²) in [5.74, 6) is 1.01. The average Bonchev–Trinajstić information content (AvgIpc) is 2.62. The Balaban J connectivity index is 2.59. The number of carbonyl (C=O) groups is 1. The maximum absolute atomic E-state index is 11.0. The molecule has 2 N–H and O–H groups in total. The number of aryl methyl sites for hydroxylation is 2. The summed E-state index contributed by atoms with van der Waals surface area (Å²) in [6.45, 7) is 8.29. The molecular formula is C13H17N3OS2. The summed E-state index contributed by atoms with van der Waals surface area (Å²) >= 11 is 3.08. The van der Waals surface area contributed by atoms with Crippen molar-refractivity contribution in [1.82, 2.24) is 9.97 Å². The van der Waals surface area contributed by atoms with Crippen LogP contribution in [0.2, 0.25) is 0 Å². The number of rotatable bonds is 4. The van der Waals surface area contributed by atoms with Gasteiger partial charge in [-0.3, -0.25) is 4.79 Å². The van der Waals surface area contributed by atoms with Crippen molar-refractivity contribution in [1.29, 1.82) is 0 Å². The highest BCUT2D eigenvalue weighted by atomic mass is 32.2. The van der Waals surface area contributed by atoms with Crippen molar-refractivity contribution in [2.24, 2.45) is 5.73 Å². The number of primary amides is 1. The van der Waals surface area contributed by atoms with Crippen LogP contribution in [0, 0.1) is 13.8 Å². The molecule has 2 heterocycles. The Hall–Kier alpha value is -1.14. The lowest BCUT2D eigenvalue weighted by Gasteiger charge is -2.08. The molecule has 0 unspecified atom stereocenters. The van der Waals surface area contributed by atoms with Crippen molar-refractivity contribution in [3.05, 3.63) is 16.3 Å². The van der Waals surface area contributed by atoms with Gasteiger partial charge in [-0.15, -0.1) is 11.3 Å². The van der Waals surface area contributed by atoms with Gasteiger partial charge >= 0.3 is 0 Å². The summed E-state index contributed by atoms with van der Waals surface area (Å²) in [6, 6.07) is 0. The smallest absolute Gasteiger partial charge is 0.227 e. The second-order valence-corrected chi connectivity index (χ2v) is 6.93. The number of thioether (sulfide) groups is 1. The molecule has 0 atom stereocenters. The minimum Gasteiger partial charge on any atom is -0.369 e. The van der Waals surface area contributed by atoms with Gasteiger partial charge in [-0.1, -0.05) is 25.6 Å². The predicted octanol–water partition coefficient (Wildman–Crippen LogP) is 3.01. The molecular weight excluding hydrogens is 278 g/mol. The summed E-state index contributed by atoms with van der Waals surface area (Å²) in [5, 5.41) is 1.94. The van der Waals surface area contributed by atoms with E-state index in [4.69, 9.17) is 5.73 Å². The number of hydrogen-bond acceptors (Lipinski definition) is 5. The molecule has 0 aliphatic carbocycles. The number of nitrogens with two attached hydrogens (primary N) is 1. The van der Waals surface area contributed by atoms with Gasteiger partial charge in [0.25, 0.3) is 0 Å². The first-order valence-corrected chi connectivity index (χ1v) is 7.89. The monoisotopic (exact) mass is 295 g/mol. The van der Waals surface area contributed by atoms with E-state index < -0.39 is 0 Å². The molecule has 4 nitrogen and oxygen atoms in total. The fraction of sp³-hybridized carbons (Fsp3) is 0.462. The zero-order valence-electron chi connectivity index (χ0n) is 11.5. The fourth-order valence-electron chi connectivity index (χ4n) is 1.73. The first-order valence-electron chi connectivity index (χ1n) is 6.09. The largest absolute Gasteiger partial charge is 0.369 e. The maximum Gasteiger partial charge on any atom is 0.227 e. The third-order valence-electron chi connectivity index (χ3n) is 2.88. The van der Waals surface area contributed by atoms with Gasteiger partial charge in [0.05, 0.1) is 5.75 Å². The number of thiophene rings is 1. The molecule has 0 spiro atoms. The quantitative estimate of drug-likeness (QED) is 0.695. The lowest BCUT2D eigenvalue weighted by atomic mass is 10.2. The Morgan fingerprint density at radius 1 is 1.37 bits per heavy atom. The van der Waals surface area contributed by atoms with E-state index in [1.165, 1.54) is 22.2 Å². The van der Waals surface area contributed by atoms with E-state index in [9.17, 15) is 4.79 Å². The van der Waals surface area contributed by atoms with Gasteiger partial charge in [-0.25, -0.2) is 9.97 Å². The maximum atomic E-state index is 11.0. The van der Waals surface area contributed by atoms with Crippen molar-refractivity contribution in [2.45, 2.75) is 38.6 Å². The van der Waals surface area contributed by atoms with Crippen LogP contribution in [0.3, 0.4) is 0 Å². The van der Waals surface area contributed by atoms with Crippen molar-refractivity contribution in [2.75, 3.05) is 5.75 Å². The van der Waals surface area contributed by atoms with Crippen LogP contribution in [-0.2, 0) is 4.79 Å². The van der Waals surface area contributed by atoms with Crippen LogP contribution in [0.15, 0.2) is 5.03 Å². The third kappa shape index (κ3) is 2.90. The van der Waals surface area contributed by atoms with Gasteiger partial charge in [0.2, 0.25) is 5.91 Å². The molecule has 2 rings (SSSR count). The van der Waals surface area contributed by atoms with Gasteiger partial charge in [0.15, 0.2) is 0 Å². The van der Waals surface area contributed by atoms with Gasteiger partial charge < -0.3 is 5.73 Å². The van der Waals surface area contributed by atoms with E-state index in [-0.39, 0.29) is 17.6 Å². The first-order chi connectivity index (χ1) is 8.90. The summed E-state index contributed by atoms with van der Waals surface area (Å²) in [7, 11) is 0. The van der Waals surface area contributed by atoms with Gasteiger partial charge in [-0.05, 0) is 19.4 Å². The van der Waals surface area contributed by atoms with E-state index in [1.807, 2.05) is 0 Å². The van der Waals surface area contributed by atoms with Crippen molar-refractivity contribution in [3.63, 3.8) is 0 Å². The molecule has 0 fully saturated rings. The zero-order valence-corrected chi connectivity index (χ0v) is 13.1. The topological polar surface area (TPSA) is 68.9 Å². The number of amides is 1. The van der Waals surface area contributed by atoms with Crippen LogP contribution in [0.1, 0.15) is 36.0 Å². The molecule has 0 aliphatic rings. The van der Waals surface area contributed by atoms with Crippen LogP contribution in [0.5, 0.6) is 0 Å². The molecule has 2 aromatic rings.